The van der Waals surface area contributed by atoms with E-state index in [1.807, 2.05) is 52.8 Å². The maximum absolute atomic E-state index is 13.2. The highest BCUT2D eigenvalue weighted by Crippen LogP contribution is 2.34. The van der Waals surface area contributed by atoms with Gasteiger partial charge in [0.15, 0.2) is 11.0 Å². The number of halogens is 1. The van der Waals surface area contributed by atoms with Crippen LogP contribution in [0.5, 0.6) is 0 Å². The molecule has 0 spiro atoms. The Hall–Kier alpha value is -2.84. The van der Waals surface area contributed by atoms with Gasteiger partial charge in [-0.25, -0.2) is 0 Å². The number of hydrogen-bond donors (Lipinski definition) is 1. The summed E-state index contributed by atoms with van der Waals surface area (Å²) in [5.41, 5.74) is 2.50. The van der Waals surface area contributed by atoms with Crippen LogP contribution < -0.4 is 5.32 Å². The predicted octanol–water partition coefficient (Wildman–Crippen LogP) is 5.78. The molecule has 1 fully saturated rings. The Balaban J connectivity index is 1.43. The van der Waals surface area contributed by atoms with E-state index in [1.165, 1.54) is 17.3 Å². The largest absolute Gasteiger partial charge is 0.328 e. The van der Waals surface area contributed by atoms with Gasteiger partial charge in [0, 0.05) is 18.8 Å². The van der Waals surface area contributed by atoms with Gasteiger partial charge in [-0.2, -0.15) is 0 Å². The molecule has 0 radical (unpaired) electrons. The first-order valence-corrected chi connectivity index (χ1v) is 13.3. The van der Waals surface area contributed by atoms with Crippen molar-refractivity contribution < 1.29 is 9.59 Å². The molecule has 3 aromatic rings. The lowest BCUT2D eigenvalue weighted by atomic mass is 10.0. The Labute approximate surface area is 215 Å². The van der Waals surface area contributed by atoms with E-state index in [2.05, 4.69) is 29.4 Å². The summed E-state index contributed by atoms with van der Waals surface area (Å²) >= 11 is 7.63. The van der Waals surface area contributed by atoms with Crippen LogP contribution in [0, 0.1) is 0 Å². The van der Waals surface area contributed by atoms with Gasteiger partial charge in [0.2, 0.25) is 5.91 Å². The van der Waals surface area contributed by atoms with Crippen LogP contribution in [0.25, 0.3) is 0 Å². The van der Waals surface area contributed by atoms with E-state index in [9.17, 15) is 9.59 Å². The van der Waals surface area contributed by atoms with Crippen molar-refractivity contribution in [3.63, 3.8) is 0 Å². The summed E-state index contributed by atoms with van der Waals surface area (Å²) in [5, 5.41) is 12.9. The number of amides is 2. The Morgan fingerprint density at radius 3 is 2.57 bits per heavy atom. The fraction of sp³-hybridized carbons (Fsp3) is 0.385. The molecule has 1 aliphatic heterocycles. The molecule has 0 bridgehead atoms. The highest BCUT2D eigenvalue weighted by atomic mass is 35.5. The second-order valence-corrected chi connectivity index (χ2v) is 10.2. The molecule has 7 nitrogen and oxygen atoms in total. The fourth-order valence-electron chi connectivity index (χ4n) is 4.30. The number of anilines is 1. The lowest BCUT2D eigenvalue weighted by Crippen LogP contribution is -2.32. The maximum atomic E-state index is 13.2. The Morgan fingerprint density at radius 1 is 1.14 bits per heavy atom. The minimum absolute atomic E-state index is 0.0965. The van der Waals surface area contributed by atoms with Crippen LogP contribution in [0.4, 0.5) is 5.69 Å². The highest BCUT2D eigenvalue weighted by Gasteiger charge is 2.35. The zero-order valence-corrected chi connectivity index (χ0v) is 21.8. The van der Waals surface area contributed by atoms with Gasteiger partial charge in [0.1, 0.15) is 0 Å². The summed E-state index contributed by atoms with van der Waals surface area (Å²) in [5.74, 6) is 1.21. The maximum Gasteiger partial charge on any atom is 0.255 e. The van der Waals surface area contributed by atoms with Crippen molar-refractivity contribution in [2.24, 2.45) is 0 Å². The van der Waals surface area contributed by atoms with E-state index in [1.54, 1.807) is 12.1 Å². The van der Waals surface area contributed by atoms with Gasteiger partial charge in [-0.15, -0.1) is 10.2 Å². The van der Waals surface area contributed by atoms with Crippen molar-refractivity contribution >= 4 is 40.9 Å². The first-order chi connectivity index (χ1) is 16.9. The van der Waals surface area contributed by atoms with E-state index in [0.29, 0.717) is 34.7 Å². The molecule has 1 aliphatic rings. The first kappa shape index (κ1) is 25.3. The molecule has 35 heavy (non-hydrogen) atoms. The lowest BCUT2D eigenvalue weighted by Gasteiger charge is -2.25. The second-order valence-electron chi connectivity index (χ2n) is 8.84. The van der Waals surface area contributed by atoms with E-state index in [4.69, 9.17) is 11.6 Å². The summed E-state index contributed by atoms with van der Waals surface area (Å²) < 4.78 is 2.00. The SMILES string of the molecule is CCn1c(SCC(=O)Nc2ccc(C(C)C)cc2)nnc1C1CCCN1C(=O)c1ccccc1Cl. The van der Waals surface area contributed by atoms with Gasteiger partial charge in [0.05, 0.1) is 22.4 Å². The van der Waals surface area contributed by atoms with Crippen LogP contribution in [0.15, 0.2) is 53.7 Å². The Bertz CT molecular complexity index is 1190. The monoisotopic (exact) mass is 511 g/mol. The first-order valence-electron chi connectivity index (χ1n) is 11.9. The number of hydrogen-bond acceptors (Lipinski definition) is 5. The number of rotatable bonds is 8. The summed E-state index contributed by atoms with van der Waals surface area (Å²) in [4.78, 5) is 27.6. The number of benzene rings is 2. The van der Waals surface area contributed by atoms with Gasteiger partial charge in [0.25, 0.3) is 5.91 Å². The number of likely N-dealkylation sites (tertiary alicyclic amines) is 1. The van der Waals surface area contributed by atoms with Crippen molar-refractivity contribution in [2.45, 2.75) is 57.3 Å². The van der Waals surface area contributed by atoms with Crippen LogP contribution in [0.2, 0.25) is 5.02 Å². The molecule has 1 unspecified atom stereocenters. The van der Waals surface area contributed by atoms with Crippen LogP contribution in [0.1, 0.15) is 67.3 Å². The number of carbonyl (C=O) groups excluding carboxylic acids is 2. The molecule has 1 N–H and O–H groups in total. The summed E-state index contributed by atoms with van der Waals surface area (Å²) in [6.45, 7) is 7.58. The third-order valence-corrected chi connectivity index (χ3v) is 7.47. The highest BCUT2D eigenvalue weighted by molar-refractivity contribution is 7.99. The molecule has 0 saturated carbocycles. The van der Waals surface area contributed by atoms with Gasteiger partial charge in [-0.1, -0.05) is 61.5 Å². The van der Waals surface area contributed by atoms with E-state index < -0.39 is 0 Å². The van der Waals surface area contributed by atoms with Crippen LogP contribution >= 0.6 is 23.4 Å². The molecule has 0 aliphatic carbocycles. The molecular weight excluding hydrogens is 482 g/mol. The second kappa shape index (κ2) is 11.3. The van der Waals surface area contributed by atoms with E-state index in [-0.39, 0.29) is 23.6 Å². The molecule has 2 amide bonds. The fourth-order valence-corrected chi connectivity index (χ4v) is 5.32. The zero-order chi connectivity index (χ0) is 24.9. The smallest absolute Gasteiger partial charge is 0.255 e. The van der Waals surface area contributed by atoms with Crippen molar-refractivity contribution in [3.05, 3.63) is 70.5 Å². The number of nitrogens with one attached hydrogen (secondary N) is 1. The lowest BCUT2D eigenvalue weighted by molar-refractivity contribution is -0.113. The summed E-state index contributed by atoms with van der Waals surface area (Å²) in [6.07, 6.45) is 1.70. The number of nitrogens with zero attached hydrogens (tertiary/aromatic N) is 4. The predicted molar refractivity (Wildman–Crippen MR) is 140 cm³/mol. The summed E-state index contributed by atoms with van der Waals surface area (Å²) in [7, 11) is 0. The van der Waals surface area contributed by atoms with Crippen LogP contribution in [-0.4, -0.2) is 43.8 Å². The molecule has 4 rings (SSSR count). The van der Waals surface area contributed by atoms with Gasteiger partial charge in [-0.05, 0) is 55.5 Å². The quantitative estimate of drug-likeness (QED) is 0.387. The normalized spacial score (nSPS) is 15.6. The molecule has 1 atom stereocenters. The molecular formula is C26H30ClN5O2S. The number of aromatic nitrogens is 3. The minimum Gasteiger partial charge on any atom is -0.328 e. The topological polar surface area (TPSA) is 80.1 Å². The average molecular weight is 512 g/mol. The van der Waals surface area contributed by atoms with Crippen LogP contribution in [0.3, 0.4) is 0 Å². The van der Waals surface area contributed by atoms with Gasteiger partial charge >= 0.3 is 0 Å². The molecule has 184 valence electrons. The number of carbonyl (C=O) groups is 2. The zero-order valence-electron chi connectivity index (χ0n) is 20.2. The Kier molecular flexibility index (Phi) is 8.13. The molecule has 2 heterocycles. The third kappa shape index (κ3) is 5.70. The van der Waals surface area contributed by atoms with E-state index >= 15 is 0 Å². The molecule has 1 saturated heterocycles. The third-order valence-electron chi connectivity index (χ3n) is 6.17. The standard InChI is InChI=1S/C26H30ClN5O2S/c1-4-31-24(22-10-7-15-32(22)25(34)20-8-5-6-9-21(20)27)29-30-26(31)35-16-23(33)28-19-13-11-18(12-14-19)17(2)3/h5-6,8-9,11-14,17,22H,4,7,10,15-16H2,1-3H3,(H,28,33). The van der Waals surface area contributed by atoms with Gasteiger partial charge < -0.3 is 14.8 Å². The summed E-state index contributed by atoms with van der Waals surface area (Å²) in [6, 6.07) is 14.9. The molecule has 1 aromatic heterocycles. The van der Waals surface area contributed by atoms with E-state index in [0.717, 1.165) is 24.4 Å². The minimum atomic E-state index is -0.172. The van der Waals surface area contributed by atoms with Crippen LogP contribution in [-0.2, 0) is 11.3 Å². The van der Waals surface area contributed by atoms with Crippen molar-refractivity contribution in [3.8, 4) is 0 Å². The van der Waals surface area contributed by atoms with Gasteiger partial charge in [-0.3, -0.25) is 9.59 Å². The number of thioether (sulfide) groups is 1. The average Bonchev–Trinajstić information content (AvgIpc) is 3.49. The Morgan fingerprint density at radius 2 is 1.89 bits per heavy atom. The van der Waals surface area contributed by atoms with Crippen molar-refractivity contribution in [1.29, 1.82) is 0 Å². The molecule has 9 heteroatoms. The van der Waals surface area contributed by atoms with Crippen molar-refractivity contribution in [2.75, 3.05) is 17.6 Å². The van der Waals surface area contributed by atoms with Crippen molar-refractivity contribution in [1.82, 2.24) is 19.7 Å². The molecule has 2 aromatic carbocycles.